The Bertz CT molecular complexity index is 532. The van der Waals surface area contributed by atoms with E-state index in [1.807, 2.05) is 16.3 Å². The molecule has 1 aliphatic rings. The number of tetrazole rings is 1. The number of hydrogen-bond acceptors (Lipinski definition) is 6. The summed E-state index contributed by atoms with van der Waals surface area (Å²) in [5.41, 5.74) is -0.117. The highest BCUT2D eigenvalue weighted by Crippen LogP contribution is 2.34. The highest BCUT2D eigenvalue weighted by molar-refractivity contribution is 7.09. The summed E-state index contributed by atoms with van der Waals surface area (Å²) in [6.45, 7) is 5.02. The van der Waals surface area contributed by atoms with Crippen LogP contribution in [0, 0.1) is 0 Å². The minimum absolute atomic E-state index is 0.117. The Kier molecular flexibility index (Phi) is 3.32. The van der Waals surface area contributed by atoms with Crippen LogP contribution in [-0.4, -0.2) is 25.2 Å². The van der Waals surface area contributed by atoms with Crippen molar-refractivity contribution in [2.75, 3.05) is 0 Å². The molecule has 1 saturated carbocycles. The first kappa shape index (κ1) is 12.7. The third-order valence-corrected chi connectivity index (χ3v) is 4.74. The standard InChI is InChI=1S/C12H18N6S/c1-3-12(2,11-13-6-7-19-11)14-8-10-15-16-17-18(10)9-4-5-9/h6-7,9,14H,3-5,8H2,1-2H3/t12-/m0/s1. The van der Waals surface area contributed by atoms with Gasteiger partial charge in [0.2, 0.25) is 0 Å². The van der Waals surface area contributed by atoms with Crippen LogP contribution in [0.5, 0.6) is 0 Å². The SMILES string of the molecule is CC[C@](C)(NCc1nnnn1C1CC1)c1nccs1. The monoisotopic (exact) mass is 278 g/mol. The largest absolute Gasteiger partial charge is 0.298 e. The molecular formula is C12H18N6S. The molecule has 0 saturated heterocycles. The van der Waals surface area contributed by atoms with E-state index in [1.54, 1.807) is 11.3 Å². The van der Waals surface area contributed by atoms with Crippen molar-refractivity contribution in [1.82, 2.24) is 30.5 Å². The normalized spacial score (nSPS) is 18.4. The van der Waals surface area contributed by atoms with Gasteiger partial charge in [0.25, 0.3) is 0 Å². The smallest absolute Gasteiger partial charge is 0.165 e. The van der Waals surface area contributed by atoms with Gasteiger partial charge in [0.15, 0.2) is 5.82 Å². The second kappa shape index (κ2) is 4.97. The van der Waals surface area contributed by atoms with E-state index in [1.165, 1.54) is 12.8 Å². The fourth-order valence-electron chi connectivity index (χ4n) is 2.05. The summed E-state index contributed by atoms with van der Waals surface area (Å²) in [6.07, 6.45) is 5.21. The maximum atomic E-state index is 4.43. The van der Waals surface area contributed by atoms with Crippen molar-refractivity contribution in [3.8, 4) is 0 Å². The van der Waals surface area contributed by atoms with Gasteiger partial charge in [-0.15, -0.1) is 16.4 Å². The van der Waals surface area contributed by atoms with Crippen molar-refractivity contribution in [3.63, 3.8) is 0 Å². The highest BCUT2D eigenvalue weighted by Gasteiger charge is 2.30. The lowest BCUT2D eigenvalue weighted by molar-refractivity contribution is 0.340. The Morgan fingerprint density at radius 3 is 3.00 bits per heavy atom. The summed E-state index contributed by atoms with van der Waals surface area (Å²) in [5, 5.41) is 18.7. The van der Waals surface area contributed by atoms with E-state index in [9.17, 15) is 0 Å². The first-order chi connectivity index (χ1) is 9.23. The molecule has 1 aliphatic carbocycles. The number of aromatic nitrogens is 5. The molecule has 1 N–H and O–H groups in total. The van der Waals surface area contributed by atoms with Crippen molar-refractivity contribution in [2.24, 2.45) is 0 Å². The highest BCUT2D eigenvalue weighted by atomic mass is 32.1. The predicted molar refractivity (Wildman–Crippen MR) is 72.7 cm³/mol. The molecule has 7 heteroatoms. The molecule has 2 aromatic heterocycles. The first-order valence-electron chi connectivity index (χ1n) is 6.64. The minimum Gasteiger partial charge on any atom is -0.298 e. The lowest BCUT2D eigenvalue weighted by Crippen LogP contribution is -2.39. The van der Waals surface area contributed by atoms with Crippen LogP contribution in [0.4, 0.5) is 0 Å². The number of thiazole rings is 1. The van der Waals surface area contributed by atoms with Crippen molar-refractivity contribution in [1.29, 1.82) is 0 Å². The summed E-state index contributed by atoms with van der Waals surface area (Å²) in [4.78, 5) is 4.43. The number of rotatable bonds is 6. The van der Waals surface area contributed by atoms with Gasteiger partial charge in [-0.2, -0.15) is 0 Å². The molecule has 6 nitrogen and oxygen atoms in total. The minimum atomic E-state index is -0.117. The second-order valence-corrected chi connectivity index (χ2v) is 6.04. The van der Waals surface area contributed by atoms with E-state index in [2.05, 4.69) is 39.7 Å². The molecule has 1 fully saturated rings. The molecule has 1 atom stereocenters. The van der Waals surface area contributed by atoms with Gasteiger partial charge in [0, 0.05) is 11.6 Å². The molecule has 0 unspecified atom stereocenters. The van der Waals surface area contributed by atoms with E-state index >= 15 is 0 Å². The van der Waals surface area contributed by atoms with Gasteiger partial charge in [-0.1, -0.05) is 6.92 Å². The number of nitrogens with one attached hydrogen (secondary N) is 1. The van der Waals surface area contributed by atoms with Crippen LogP contribution in [0.15, 0.2) is 11.6 Å². The third kappa shape index (κ3) is 2.52. The van der Waals surface area contributed by atoms with Gasteiger partial charge < -0.3 is 0 Å². The molecule has 3 rings (SSSR count). The van der Waals surface area contributed by atoms with Crippen LogP contribution in [0.2, 0.25) is 0 Å². The zero-order valence-electron chi connectivity index (χ0n) is 11.2. The van der Waals surface area contributed by atoms with Crippen LogP contribution in [-0.2, 0) is 12.1 Å². The molecule has 2 aromatic rings. The maximum absolute atomic E-state index is 4.43. The van der Waals surface area contributed by atoms with E-state index in [-0.39, 0.29) is 5.54 Å². The van der Waals surface area contributed by atoms with Crippen molar-refractivity contribution in [2.45, 2.75) is 51.2 Å². The van der Waals surface area contributed by atoms with Crippen molar-refractivity contribution in [3.05, 3.63) is 22.4 Å². The van der Waals surface area contributed by atoms with Crippen LogP contribution < -0.4 is 5.32 Å². The van der Waals surface area contributed by atoms with Crippen LogP contribution in [0.3, 0.4) is 0 Å². The maximum Gasteiger partial charge on any atom is 0.165 e. The fourth-order valence-corrected chi connectivity index (χ4v) is 2.90. The Hall–Kier alpha value is -1.34. The predicted octanol–water partition coefficient (Wildman–Crippen LogP) is 1.88. The van der Waals surface area contributed by atoms with E-state index in [0.29, 0.717) is 12.6 Å². The van der Waals surface area contributed by atoms with E-state index < -0.39 is 0 Å². The fraction of sp³-hybridized carbons (Fsp3) is 0.667. The number of nitrogens with zero attached hydrogens (tertiary/aromatic N) is 5. The van der Waals surface area contributed by atoms with Gasteiger partial charge in [-0.3, -0.25) is 5.32 Å². The van der Waals surface area contributed by atoms with Gasteiger partial charge in [0.05, 0.1) is 18.1 Å². The lowest BCUT2D eigenvalue weighted by atomic mass is 10.00. The van der Waals surface area contributed by atoms with Crippen LogP contribution in [0.1, 0.15) is 50.0 Å². The van der Waals surface area contributed by atoms with Crippen LogP contribution >= 0.6 is 11.3 Å². The topological polar surface area (TPSA) is 68.5 Å². The Balaban J connectivity index is 1.71. The summed E-state index contributed by atoms with van der Waals surface area (Å²) >= 11 is 1.68. The average Bonchev–Trinajstić information content (AvgIpc) is 2.96. The first-order valence-corrected chi connectivity index (χ1v) is 7.52. The number of hydrogen-bond donors (Lipinski definition) is 1. The Labute approximate surface area is 116 Å². The molecule has 2 heterocycles. The molecular weight excluding hydrogens is 260 g/mol. The van der Waals surface area contributed by atoms with Crippen molar-refractivity contribution < 1.29 is 0 Å². The summed E-state index contributed by atoms with van der Waals surface area (Å²) < 4.78 is 1.95. The lowest BCUT2D eigenvalue weighted by Gasteiger charge is -2.27. The van der Waals surface area contributed by atoms with Gasteiger partial charge in [0.1, 0.15) is 5.01 Å². The summed E-state index contributed by atoms with van der Waals surface area (Å²) in [7, 11) is 0. The Morgan fingerprint density at radius 1 is 1.53 bits per heavy atom. The van der Waals surface area contributed by atoms with Gasteiger partial charge in [-0.05, 0) is 36.6 Å². The molecule has 0 radical (unpaired) electrons. The second-order valence-electron chi connectivity index (χ2n) is 5.15. The zero-order chi connectivity index (χ0) is 13.3. The van der Waals surface area contributed by atoms with Crippen molar-refractivity contribution >= 4 is 11.3 Å². The summed E-state index contributed by atoms with van der Waals surface area (Å²) in [5.74, 6) is 0.915. The zero-order valence-corrected chi connectivity index (χ0v) is 12.0. The third-order valence-electron chi connectivity index (χ3n) is 3.70. The van der Waals surface area contributed by atoms with E-state index in [4.69, 9.17) is 0 Å². The molecule has 102 valence electrons. The molecule has 0 amide bonds. The molecule has 0 aliphatic heterocycles. The summed E-state index contributed by atoms with van der Waals surface area (Å²) in [6, 6.07) is 0.513. The van der Waals surface area contributed by atoms with E-state index in [0.717, 1.165) is 17.3 Å². The van der Waals surface area contributed by atoms with Crippen LogP contribution in [0.25, 0.3) is 0 Å². The van der Waals surface area contributed by atoms with Gasteiger partial charge in [-0.25, -0.2) is 9.67 Å². The quantitative estimate of drug-likeness (QED) is 0.873. The molecule has 0 spiro atoms. The average molecular weight is 278 g/mol. The van der Waals surface area contributed by atoms with Gasteiger partial charge >= 0.3 is 0 Å². The molecule has 19 heavy (non-hydrogen) atoms. The Morgan fingerprint density at radius 2 is 2.37 bits per heavy atom. The molecule has 0 aromatic carbocycles. The molecule has 0 bridgehead atoms.